The van der Waals surface area contributed by atoms with Crippen molar-refractivity contribution >= 4 is 35.0 Å². The Hall–Kier alpha value is -1.03. The smallest absolute Gasteiger partial charge is 0.171 e. The Kier molecular flexibility index (Phi) is 14.7. The number of hydrogen-bond acceptors (Lipinski definition) is 4. The number of benzene rings is 1. The van der Waals surface area contributed by atoms with Gasteiger partial charge in [-0.15, -0.1) is 11.3 Å². The molecule has 2 unspecified atom stereocenters. The fourth-order valence-corrected chi connectivity index (χ4v) is 9.04. The van der Waals surface area contributed by atoms with E-state index in [1.165, 1.54) is 32.7 Å². The van der Waals surface area contributed by atoms with E-state index in [0.29, 0.717) is 0 Å². The maximum Gasteiger partial charge on any atom is 0.171 e. The number of aryl methyl sites for hydroxylation is 2. The van der Waals surface area contributed by atoms with Crippen molar-refractivity contribution in [3.8, 4) is 0 Å². The molecule has 2 aromatic rings. The highest BCUT2D eigenvalue weighted by atomic mass is 32.1. The molecule has 3 nitrogen and oxygen atoms in total. The van der Waals surface area contributed by atoms with Crippen LogP contribution in [-0.4, -0.2) is 28.8 Å². The Bertz CT molecular complexity index is 1150. The van der Waals surface area contributed by atoms with Crippen LogP contribution in [0.5, 0.6) is 0 Å². The van der Waals surface area contributed by atoms with Crippen LogP contribution >= 0.6 is 11.3 Å². The topological polar surface area (TPSA) is 38.7 Å². The van der Waals surface area contributed by atoms with Crippen LogP contribution in [0.15, 0.2) is 35.7 Å². The zero-order valence-electron chi connectivity index (χ0n) is 29.9. The van der Waals surface area contributed by atoms with Crippen LogP contribution in [0.4, 0.5) is 0 Å². The predicted octanol–water partition coefficient (Wildman–Crippen LogP) is 10.8. The van der Waals surface area contributed by atoms with E-state index in [-0.39, 0.29) is 23.0 Å². The maximum absolute atomic E-state index is 10.7. The Labute approximate surface area is 273 Å². The Morgan fingerprint density at radius 2 is 1.35 bits per heavy atom. The van der Waals surface area contributed by atoms with Gasteiger partial charge >= 0.3 is 0 Å². The van der Waals surface area contributed by atoms with Crippen molar-refractivity contribution in [2.45, 2.75) is 151 Å². The minimum atomic E-state index is -1.28. The van der Waals surface area contributed by atoms with Crippen LogP contribution in [0.3, 0.4) is 0 Å². The van der Waals surface area contributed by atoms with Crippen molar-refractivity contribution in [1.29, 1.82) is 0 Å². The van der Waals surface area contributed by atoms with Gasteiger partial charge in [-0.25, -0.2) is 0 Å². The summed E-state index contributed by atoms with van der Waals surface area (Å²) < 4.78 is 13.6. The Morgan fingerprint density at radius 3 is 1.84 bits per heavy atom. The summed E-state index contributed by atoms with van der Waals surface area (Å²) in [5, 5.41) is 13.0. The van der Waals surface area contributed by atoms with Crippen molar-refractivity contribution in [1.82, 2.24) is 0 Å². The van der Waals surface area contributed by atoms with Crippen LogP contribution in [-0.2, 0) is 21.7 Å². The van der Waals surface area contributed by atoms with Crippen molar-refractivity contribution < 1.29 is 14.0 Å². The molecule has 0 saturated heterocycles. The molecule has 0 saturated carbocycles. The monoisotopic (exact) mass is 644 g/mol. The molecule has 0 bridgehead atoms. The molecule has 0 aliphatic rings. The first-order valence-corrected chi connectivity index (χ1v) is 23.3. The summed E-state index contributed by atoms with van der Waals surface area (Å²) in [6.07, 6.45) is 8.89. The largest absolute Gasteiger partial charge is 0.413 e. The second-order valence-electron chi connectivity index (χ2n) is 15.2. The van der Waals surface area contributed by atoms with Crippen molar-refractivity contribution in [3.05, 3.63) is 62.9 Å². The lowest BCUT2D eigenvalue weighted by atomic mass is 9.77. The molecule has 0 aliphatic carbocycles. The van der Waals surface area contributed by atoms with E-state index in [9.17, 15) is 5.11 Å². The molecule has 0 amide bonds. The maximum atomic E-state index is 10.7. The molecule has 0 radical (unpaired) electrons. The molecule has 2 atom stereocenters. The minimum absolute atomic E-state index is 0.00539. The molecule has 1 aromatic carbocycles. The van der Waals surface area contributed by atoms with Gasteiger partial charge < -0.3 is 14.0 Å². The quantitative estimate of drug-likeness (QED) is 0.185. The fraction of sp³-hybridized carbons (Fsp3) is 0.676. The van der Waals surface area contributed by atoms with E-state index in [0.717, 1.165) is 44.9 Å². The van der Waals surface area contributed by atoms with Gasteiger partial charge in [0.2, 0.25) is 0 Å². The predicted molar refractivity (Wildman–Crippen MR) is 196 cm³/mol. The van der Waals surface area contributed by atoms with Gasteiger partial charge in [0.1, 0.15) is 0 Å². The molecule has 1 aromatic heterocycles. The summed E-state index contributed by atoms with van der Waals surface area (Å²) in [5.41, 5.74) is 6.25. The van der Waals surface area contributed by atoms with Gasteiger partial charge in [-0.05, 0) is 121 Å². The van der Waals surface area contributed by atoms with Crippen LogP contribution in [0, 0.1) is 10.8 Å². The van der Waals surface area contributed by atoms with Crippen LogP contribution < -0.4 is 0 Å². The van der Waals surface area contributed by atoms with E-state index in [1.807, 2.05) is 11.3 Å². The third kappa shape index (κ3) is 11.7. The molecular weight excluding hydrogens is 581 g/mol. The first-order valence-electron chi connectivity index (χ1n) is 16.9. The first-order chi connectivity index (χ1) is 19.9. The van der Waals surface area contributed by atoms with Gasteiger partial charge in [0, 0.05) is 4.88 Å². The highest BCUT2D eigenvalue weighted by Crippen LogP contribution is 2.45. The lowest BCUT2D eigenvalue weighted by Gasteiger charge is -2.39. The summed E-state index contributed by atoms with van der Waals surface area (Å²) in [6.45, 7) is 29.4. The first kappa shape index (κ1) is 38.2. The van der Waals surface area contributed by atoms with Gasteiger partial charge in [0.05, 0.1) is 17.8 Å². The molecule has 1 N–H and O–H groups in total. The van der Waals surface area contributed by atoms with E-state index in [4.69, 9.17) is 8.85 Å². The molecule has 0 fully saturated rings. The summed E-state index contributed by atoms with van der Waals surface area (Å²) in [4.78, 5) is 1.37. The molecule has 6 heteroatoms. The van der Waals surface area contributed by atoms with Gasteiger partial charge in [-0.2, -0.15) is 0 Å². The number of hydrogen-bond donors (Lipinski definition) is 1. The summed E-state index contributed by atoms with van der Waals surface area (Å²) >= 11 is 1.86. The molecule has 0 aliphatic heterocycles. The lowest BCUT2D eigenvalue weighted by Crippen LogP contribution is -2.31. The average molecular weight is 645 g/mol. The highest BCUT2D eigenvalue weighted by molar-refractivity contribution is 7.11. The van der Waals surface area contributed by atoms with E-state index >= 15 is 0 Å². The molecule has 0 spiro atoms. The number of thiophene rings is 1. The fourth-order valence-electron chi connectivity index (χ4n) is 5.78. The molecule has 1 heterocycles. The Balaban J connectivity index is 2.38. The number of rotatable bonds is 16. The van der Waals surface area contributed by atoms with Gasteiger partial charge in [0.15, 0.2) is 18.1 Å². The van der Waals surface area contributed by atoms with E-state index in [1.54, 1.807) is 0 Å². The zero-order chi connectivity index (χ0) is 32.6. The summed E-state index contributed by atoms with van der Waals surface area (Å²) in [6, 6.07) is 9.53. The van der Waals surface area contributed by atoms with Crippen LogP contribution in [0.1, 0.15) is 134 Å². The molecule has 244 valence electrons. The number of aliphatic hydroxyl groups is 1. The Morgan fingerprint density at radius 1 is 0.814 bits per heavy atom. The van der Waals surface area contributed by atoms with Crippen molar-refractivity contribution in [3.63, 3.8) is 0 Å². The number of allylic oxidation sites excluding steroid dienone is 2. The summed E-state index contributed by atoms with van der Waals surface area (Å²) in [5.74, 6) is 0. The van der Waals surface area contributed by atoms with Gasteiger partial charge in [-0.3, -0.25) is 0 Å². The standard InChI is InChI=1S/C37H64O3SSi2/c1-14-29(18-17-23-37(38,15-2)16-3)32-25-28(26-41-32)20-19-27-21-22-30(33(35(4,5)6)39-42(10)11)31(24-27)34(36(7,8)9)40-43(12)13/h18,21-22,24-26,33-34,38,42-43H,14-17,19-20,23H2,1-13H3. The van der Waals surface area contributed by atoms with E-state index < -0.39 is 23.7 Å². The highest BCUT2D eigenvalue weighted by Gasteiger charge is 2.36. The minimum Gasteiger partial charge on any atom is -0.413 e. The van der Waals surface area contributed by atoms with Crippen molar-refractivity contribution in [2.24, 2.45) is 10.8 Å². The lowest BCUT2D eigenvalue weighted by molar-refractivity contribution is 0.0246. The van der Waals surface area contributed by atoms with Gasteiger partial charge in [0.25, 0.3) is 0 Å². The normalized spacial score (nSPS) is 15.0. The van der Waals surface area contributed by atoms with E-state index in [2.05, 4.69) is 124 Å². The molecule has 2 rings (SSSR count). The van der Waals surface area contributed by atoms with Crippen molar-refractivity contribution in [2.75, 3.05) is 0 Å². The van der Waals surface area contributed by atoms with Crippen LogP contribution in [0.2, 0.25) is 26.2 Å². The zero-order valence-corrected chi connectivity index (χ0v) is 33.0. The SMILES string of the molecule is CCC(=CCCC(O)(CC)CC)c1cc(CCc2ccc(C(O[SiH](C)C)C(C)(C)C)c(C(O[SiH](C)C)C(C)(C)C)c2)cs1. The third-order valence-electron chi connectivity index (χ3n) is 8.48. The summed E-state index contributed by atoms with van der Waals surface area (Å²) in [7, 11) is -2.55. The second-order valence-corrected chi connectivity index (χ2v) is 20.8. The molecule has 43 heavy (non-hydrogen) atoms. The third-order valence-corrected chi connectivity index (χ3v) is 11.2. The van der Waals surface area contributed by atoms with Crippen LogP contribution in [0.25, 0.3) is 5.57 Å². The molecular formula is C37H64O3SSi2. The second kappa shape index (κ2) is 16.5. The average Bonchev–Trinajstić information content (AvgIpc) is 3.39. The van der Waals surface area contributed by atoms with Gasteiger partial charge in [-0.1, -0.05) is 86.6 Å².